The van der Waals surface area contributed by atoms with Gasteiger partial charge in [0.05, 0.1) is 0 Å². The number of nitrogens with two attached hydrogens (primary N) is 1. The first kappa shape index (κ1) is 15.1. The molecule has 112 valence electrons. The molecule has 0 spiro atoms. The number of aryl methyl sites for hydroxylation is 1. The van der Waals surface area contributed by atoms with Crippen LogP contribution in [-0.4, -0.2) is 22.1 Å². The molecule has 0 radical (unpaired) electrons. The first-order valence-electron chi connectivity index (χ1n) is 6.57. The standard InChI is InChI=1S/C14H17FN4O2/c1-8(16)7-12(20)18-13(14-17-9(2)21-19-14)10-5-3-4-6-11(10)15/h3-6,8,13H,7,16H2,1-2H3,(H,18,20). The Labute approximate surface area is 121 Å². The maximum Gasteiger partial charge on any atom is 0.223 e. The molecule has 0 aliphatic carbocycles. The van der Waals surface area contributed by atoms with Crippen molar-refractivity contribution >= 4 is 5.91 Å². The molecule has 0 aliphatic heterocycles. The van der Waals surface area contributed by atoms with Crippen LogP contribution in [-0.2, 0) is 4.79 Å². The zero-order chi connectivity index (χ0) is 15.4. The van der Waals surface area contributed by atoms with E-state index in [0.29, 0.717) is 5.89 Å². The van der Waals surface area contributed by atoms with E-state index >= 15 is 0 Å². The van der Waals surface area contributed by atoms with Crippen LogP contribution in [0.1, 0.15) is 36.7 Å². The maximum atomic E-state index is 14.0. The number of rotatable bonds is 5. The summed E-state index contributed by atoms with van der Waals surface area (Å²) < 4.78 is 18.9. The number of benzene rings is 1. The molecule has 0 saturated heterocycles. The molecule has 7 heteroatoms. The van der Waals surface area contributed by atoms with Gasteiger partial charge in [-0.3, -0.25) is 4.79 Å². The van der Waals surface area contributed by atoms with Crippen molar-refractivity contribution in [3.8, 4) is 0 Å². The fraction of sp³-hybridized carbons (Fsp3) is 0.357. The van der Waals surface area contributed by atoms with Crippen molar-refractivity contribution in [3.05, 3.63) is 47.4 Å². The molecule has 1 aromatic heterocycles. The van der Waals surface area contributed by atoms with E-state index in [1.807, 2.05) is 0 Å². The molecule has 21 heavy (non-hydrogen) atoms. The van der Waals surface area contributed by atoms with E-state index in [0.717, 1.165) is 0 Å². The van der Waals surface area contributed by atoms with E-state index in [1.165, 1.54) is 6.07 Å². The molecule has 1 heterocycles. The highest BCUT2D eigenvalue weighted by Crippen LogP contribution is 2.22. The predicted octanol–water partition coefficient (Wildman–Crippen LogP) is 1.46. The van der Waals surface area contributed by atoms with E-state index in [9.17, 15) is 9.18 Å². The number of carbonyl (C=O) groups excluding carboxylic acids is 1. The second-order valence-electron chi connectivity index (χ2n) is 4.88. The Morgan fingerprint density at radius 3 is 2.76 bits per heavy atom. The van der Waals surface area contributed by atoms with Crippen molar-refractivity contribution in [2.45, 2.75) is 32.4 Å². The average Bonchev–Trinajstić information content (AvgIpc) is 2.82. The number of amides is 1. The lowest BCUT2D eigenvalue weighted by atomic mass is 10.0. The first-order valence-corrected chi connectivity index (χ1v) is 6.57. The van der Waals surface area contributed by atoms with Crippen LogP contribution < -0.4 is 11.1 Å². The molecule has 2 aromatic rings. The number of hydrogen-bond donors (Lipinski definition) is 2. The Kier molecular flexibility index (Phi) is 4.64. The van der Waals surface area contributed by atoms with Gasteiger partial charge < -0.3 is 15.6 Å². The predicted molar refractivity (Wildman–Crippen MR) is 73.7 cm³/mol. The molecule has 0 fully saturated rings. The van der Waals surface area contributed by atoms with Crippen molar-refractivity contribution in [2.24, 2.45) is 5.73 Å². The lowest BCUT2D eigenvalue weighted by molar-refractivity contribution is -0.121. The maximum absolute atomic E-state index is 14.0. The molecule has 1 amide bonds. The van der Waals surface area contributed by atoms with Crippen LogP contribution in [0.25, 0.3) is 0 Å². The van der Waals surface area contributed by atoms with E-state index in [4.69, 9.17) is 10.3 Å². The highest BCUT2D eigenvalue weighted by Gasteiger charge is 2.24. The third kappa shape index (κ3) is 3.85. The third-order valence-corrected chi connectivity index (χ3v) is 2.83. The lowest BCUT2D eigenvalue weighted by Crippen LogP contribution is -2.34. The van der Waals surface area contributed by atoms with Gasteiger partial charge in [-0.2, -0.15) is 4.98 Å². The van der Waals surface area contributed by atoms with Crippen molar-refractivity contribution in [3.63, 3.8) is 0 Å². The minimum Gasteiger partial charge on any atom is -0.342 e. The van der Waals surface area contributed by atoms with Crippen LogP contribution in [0.15, 0.2) is 28.8 Å². The minimum absolute atomic E-state index is 0.127. The topological polar surface area (TPSA) is 94.0 Å². The van der Waals surface area contributed by atoms with Crippen molar-refractivity contribution in [2.75, 3.05) is 0 Å². The van der Waals surface area contributed by atoms with Crippen LogP contribution in [0.5, 0.6) is 0 Å². The SMILES string of the molecule is Cc1nc(C(NC(=O)CC(C)N)c2ccccc2F)no1. The number of nitrogens with zero attached hydrogens (tertiary/aromatic N) is 2. The molecular weight excluding hydrogens is 275 g/mol. The lowest BCUT2D eigenvalue weighted by Gasteiger charge is -2.17. The number of halogens is 1. The Morgan fingerprint density at radius 2 is 2.19 bits per heavy atom. The van der Waals surface area contributed by atoms with Gasteiger partial charge in [-0.25, -0.2) is 4.39 Å². The summed E-state index contributed by atoms with van der Waals surface area (Å²) in [5, 5.41) is 6.46. The number of nitrogens with one attached hydrogen (secondary N) is 1. The summed E-state index contributed by atoms with van der Waals surface area (Å²) in [6.45, 7) is 3.34. The van der Waals surface area contributed by atoms with Gasteiger partial charge >= 0.3 is 0 Å². The van der Waals surface area contributed by atoms with E-state index in [1.54, 1.807) is 32.0 Å². The molecule has 2 unspecified atom stereocenters. The second-order valence-corrected chi connectivity index (χ2v) is 4.88. The van der Waals surface area contributed by atoms with Crippen LogP contribution in [0, 0.1) is 12.7 Å². The Morgan fingerprint density at radius 1 is 1.48 bits per heavy atom. The molecule has 2 atom stereocenters. The fourth-order valence-electron chi connectivity index (χ4n) is 1.94. The van der Waals surface area contributed by atoms with E-state index < -0.39 is 11.9 Å². The quantitative estimate of drug-likeness (QED) is 0.870. The summed E-state index contributed by atoms with van der Waals surface area (Å²) in [6, 6.07) is 5.02. The average molecular weight is 292 g/mol. The minimum atomic E-state index is -0.810. The summed E-state index contributed by atoms with van der Waals surface area (Å²) in [5.41, 5.74) is 5.87. The zero-order valence-electron chi connectivity index (χ0n) is 11.8. The van der Waals surface area contributed by atoms with Gasteiger partial charge in [0.15, 0.2) is 5.82 Å². The molecular formula is C14H17FN4O2. The van der Waals surface area contributed by atoms with Gasteiger partial charge in [-0.1, -0.05) is 23.4 Å². The fourth-order valence-corrected chi connectivity index (χ4v) is 1.94. The number of hydrogen-bond acceptors (Lipinski definition) is 5. The monoisotopic (exact) mass is 292 g/mol. The van der Waals surface area contributed by atoms with Crippen molar-refractivity contribution in [1.82, 2.24) is 15.5 Å². The Bertz CT molecular complexity index is 627. The van der Waals surface area contributed by atoms with Crippen molar-refractivity contribution < 1.29 is 13.7 Å². The summed E-state index contributed by atoms with van der Waals surface area (Å²) in [6.07, 6.45) is 0.127. The molecule has 2 rings (SSSR count). The summed E-state index contributed by atoms with van der Waals surface area (Å²) in [7, 11) is 0. The van der Waals surface area contributed by atoms with Gasteiger partial charge in [0.25, 0.3) is 0 Å². The smallest absolute Gasteiger partial charge is 0.223 e. The first-order chi connectivity index (χ1) is 9.97. The summed E-state index contributed by atoms with van der Waals surface area (Å²) in [5.74, 6) is -0.213. The molecule has 0 bridgehead atoms. The normalized spacial score (nSPS) is 13.7. The second kappa shape index (κ2) is 6.45. The zero-order valence-corrected chi connectivity index (χ0v) is 11.8. The number of aromatic nitrogens is 2. The van der Waals surface area contributed by atoms with Crippen LogP contribution >= 0.6 is 0 Å². The van der Waals surface area contributed by atoms with Crippen LogP contribution in [0.4, 0.5) is 4.39 Å². The van der Waals surface area contributed by atoms with Gasteiger partial charge in [0, 0.05) is 24.9 Å². The molecule has 6 nitrogen and oxygen atoms in total. The summed E-state index contributed by atoms with van der Waals surface area (Å²) in [4.78, 5) is 16.0. The molecule has 1 aromatic carbocycles. The van der Waals surface area contributed by atoms with Crippen LogP contribution in [0.2, 0.25) is 0 Å². The highest BCUT2D eigenvalue weighted by atomic mass is 19.1. The summed E-state index contributed by atoms with van der Waals surface area (Å²) >= 11 is 0. The molecule has 0 aliphatic rings. The Hall–Kier alpha value is -2.28. The molecule has 0 saturated carbocycles. The number of carbonyl (C=O) groups is 1. The largest absolute Gasteiger partial charge is 0.342 e. The van der Waals surface area contributed by atoms with Gasteiger partial charge in [0.2, 0.25) is 11.8 Å². The van der Waals surface area contributed by atoms with E-state index in [-0.39, 0.29) is 29.8 Å². The van der Waals surface area contributed by atoms with Gasteiger partial charge in [-0.05, 0) is 13.0 Å². The third-order valence-electron chi connectivity index (χ3n) is 2.83. The van der Waals surface area contributed by atoms with E-state index in [2.05, 4.69) is 15.5 Å². The highest BCUT2D eigenvalue weighted by molar-refractivity contribution is 5.77. The van der Waals surface area contributed by atoms with Gasteiger partial charge in [-0.15, -0.1) is 0 Å². The molecule has 3 N–H and O–H groups in total. The van der Waals surface area contributed by atoms with Gasteiger partial charge in [0.1, 0.15) is 11.9 Å². The van der Waals surface area contributed by atoms with Crippen molar-refractivity contribution in [1.29, 1.82) is 0 Å². The van der Waals surface area contributed by atoms with Crippen LogP contribution in [0.3, 0.4) is 0 Å². The Balaban J connectivity index is 2.31.